The van der Waals surface area contributed by atoms with Crippen molar-refractivity contribution in [2.45, 2.75) is 13.2 Å². The summed E-state index contributed by atoms with van der Waals surface area (Å²) in [7, 11) is 0. The Morgan fingerprint density at radius 3 is 2.59 bits per heavy atom. The molecule has 4 rings (SSSR count). The van der Waals surface area contributed by atoms with Crippen LogP contribution in [0, 0.1) is 0 Å². The molecule has 1 aromatic carbocycles. The number of nitrogens with zero attached hydrogens (tertiary/aromatic N) is 3. The fourth-order valence-corrected chi connectivity index (χ4v) is 3.83. The number of piperazine rings is 1. The maximum atomic E-state index is 12.7. The van der Waals surface area contributed by atoms with Gasteiger partial charge in [-0.25, -0.2) is 4.98 Å². The van der Waals surface area contributed by atoms with Gasteiger partial charge in [-0.3, -0.25) is 14.5 Å². The van der Waals surface area contributed by atoms with Gasteiger partial charge in [0.15, 0.2) is 0 Å². The number of rotatable bonds is 6. The van der Waals surface area contributed by atoms with Gasteiger partial charge in [0.1, 0.15) is 23.8 Å². The molecular weight excluding hydrogens is 453 g/mol. The number of pyridine rings is 1. The monoisotopic (exact) mass is 473 g/mol. The van der Waals surface area contributed by atoms with Crippen LogP contribution in [0.3, 0.4) is 0 Å². The van der Waals surface area contributed by atoms with Gasteiger partial charge in [-0.05, 0) is 18.2 Å². The van der Waals surface area contributed by atoms with E-state index in [1.165, 1.54) is 12.3 Å². The lowest BCUT2D eigenvalue weighted by molar-refractivity contribution is 0.0619. The fraction of sp³-hybridized carbons (Fsp3) is 0.261. The van der Waals surface area contributed by atoms with Crippen molar-refractivity contribution in [3.8, 4) is 5.75 Å². The number of hydrogen-bond acceptors (Lipinski definition) is 6. The first-order valence-electron chi connectivity index (χ1n) is 10.1. The maximum Gasteiger partial charge on any atom is 0.257 e. The fourth-order valence-electron chi connectivity index (χ4n) is 3.44. The van der Waals surface area contributed by atoms with Crippen LogP contribution in [0.2, 0.25) is 10.2 Å². The van der Waals surface area contributed by atoms with Gasteiger partial charge in [0.05, 0.1) is 12.1 Å². The zero-order chi connectivity index (χ0) is 22.5. The van der Waals surface area contributed by atoms with E-state index in [2.05, 4.69) is 9.88 Å². The maximum absolute atomic E-state index is 12.7. The summed E-state index contributed by atoms with van der Waals surface area (Å²) >= 11 is 12.2. The van der Waals surface area contributed by atoms with Gasteiger partial charge < -0.3 is 14.1 Å². The Kier molecular flexibility index (Phi) is 7.09. The molecule has 0 atom stereocenters. The molecule has 0 radical (unpaired) electrons. The lowest BCUT2D eigenvalue weighted by Crippen LogP contribution is -2.48. The minimum atomic E-state index is -0.252. The Morgan fingerprint density at radius 2 is 1.88 bits per heavy atom. The van der Waals surface area contributed by atoms with Crippen molar-refractivity contribution in [2.24, 2.45) is 0 Å². The van der Waals surface area contributed by atoms with E-state index in [0.717, 1.165) is 5.56 Å². The lowest BCUT2D eigenvalue weighted by atomic mass is 10.2. The molecule has 166 valence electrons. The van der Waals surface area contributed by atoms with Crippen LogP contribution in [-0.4, -0.2) is 46.9 Å². The molecule has 9 heteroatoms. The molecule has 1 saturated heterocycles. The van der Waals surface area contributed by atoms with Crippen LogP contribution < -0.4 is 10.2 Å². The van der Waals surface area contributed by atoms with Gasteiger partial charge in [-0.15, -0.1) is 0 Å². The van der Waals surface area contributed by atoms with Crippen molar-refractivity contribution < 1.29 is 13.9 Å². The molecule has 0 aliphatic carbocycles. The highest BCUT2D eigenvalue weighted by Gasteiger charge is 2.24. The molecule has 32 heavy (non-hydrogen) atoms. The SMILES string of the molecule is O=C(c1cccnc1Cl)N1CCN(Cc2cc(=O)c(OCc3ccccc3Cl)co2)CC1. The van der Waals surface area contributed by atoms with Crippen molar-refractivity contribution in [3.05, 3.63) is 92.2 Å². The standard InChI is InChI=1S/C23H21Cl2N3O4/c24-19-6-2-1-4-16(19)14-32-21-15-31-17(12-20(21)29)13-27-8-10-28(11-9-27)23(30)18-5-3-7-26-22(18)25/h1-7,12,15H,8-11,13-14H2. The molecule has 0 unspecified atom stereocenters. The summed E-state index contributed by atoms with van der Waals surface area (Å²) in [6.45, 7) is 3.05. The number of benzene rings is 1. The Hall–Kier alpha value is -2.87. The minimum absolute atomic E-state index is 0.130. The number of amides is 1. The van der Waals surface area contributed by atoms with Gasteiger partial charge in [-0.1, -0.05) is 41.4 Å². The molecular formula is C23H21Cl2N3O4. The van der Waals surface area contributed by atoms with Crippen molar-refractivity contribution in [1.29, 1.82) is 0 Å². The number of carbonyl (C=O) groups is 1. The average molecular weight is 474 g/mol. The predicted octanol–water partition coefficient (Wildman–Crippen LogP) is 3.88. The molecule has 0 bridgehead atoms. The molecule has 2 aromatic heterocycles. The number of aromatic nitrogens is 1. The van der Waals surface area contributed by atoms with E-state index in [1.807, 2.05) is 18.2 Å². The van der Waals surface area contributed by atoms with Gasteiger partial charge in [0, 0.05) is 49.0 Å². The average Bonchev–Trinajstić information content (AvgIpc) is 2.80. The van der Waals surface area contributed by atoms with E-state index >= 15 is 0 Å². The van der Waals surface area contributed by atoms with Gasteiger partial charge in [-0.2, -0.15) is 0 Å². The van der Waals surface area contributed by atoms with E-state index < -0.39 is 0 Å². The highest BCUT2D eigenvalue weighted by molar-refractivity contribution is 6.32. The van der Waals surface area contributed by atoms with Crippen molar-refractivity contribution in [1.82, 2.24) is 14.8 Å². The molecule has 0 spiro atoms. The summed E-state index contributed by atoms with van der Waals surface area (Å²) < 4.78 is 11.2. The first-order chi connectivity index (χ1) is 15.5. The smallest absolute Gasteiger partial charge is 0.257 e. The lowest BCUT2D eigenvalue weighted by Gasteiger charge is -2.34. The van der Waals surface area contributed by atoms with E-state index in [-0.39, 0.29) is 28.8 Å². The van der Waals surface area contributed by atoms with Gasteiger partial charge in [0.2, 0.25) is 11.2 Å². The second-order valence-electron chi connectivity index (χ2n) is 7.37. The molecule has 1 aliphatic rings. The van der Waals surface area contributed by atoms with Crippen LogP contribution in [0.4, 0.5) is 0 Å². The van der Waals surface area contributed by atoms with Crippen LogP contribution in [0.25, 0.3) is 0 Å². The number of carbonyl (C=O) groups excluding carboxylic acids is 1. The van der Waals surface area contributed by atoms with E-state index in [0.29, 0.717) is 49.1 Å². The van der Waals surface area contributed by atoms with Crippen molar-refractivity contribution in [3.63, 3.8) is 0 Å². The Balaban J connectivity index is 1.31. The second-order valence-corrected chi connectivity index (χ2v) is 8.13. The largest absolute Gasteiger partial charge is 0.482 e. The quantitative estimate of drug-likeness (QED) is 0.505. The van der Waals surface area contributed by atoms with Crippen LogP contribution in [0.15, 0.2) is 64.1 Å². The second kappa shape index (κ2) is 10.2. The molecule has 7 nitrogen and oxygen atoms in total. The molecule has 0 saturated carbocycles. The number of ether oxygens (including phenoxy) is 1. The molecule has 1 fully saturated rings. The first kappa shape index (κ1) is 22.3. The van der Waals surface area contributed by atoms with Crippen LogP contribution in [-0.2, 0) is 13.2 Å². The van der Waals surface area contributed by atoms with E-state index in [9.17, 15) is 9.59 Å². The topological polar surface area (TPSA) is 75.9 Å². The predicted molar refractivity (Wildman–Crippen MR) is 121 cm³/mol. The third-order valence-corrected chi connectivity index (χ3v) is 5.89. The summed E-state index contributed by atoms with van der Waals surface area (Å²) in [5, 5.41) is 0.787. The number of hydrogen-bond donors (Lipinski definition) is 0. The highest BCUT2D eigenvalue weighted by Crippen LogP contribution is 2.19. The zero-order valence-electron chi connectivity index (χ0n) is 17.2. The summed E-state index contributed by atoms with van der Waals surface area (Å²) in [5.74, 6) is 0.543. The third-order valence-electron chi connectivity index (χ3n) is 5.22. The summed E-state index contributed by atoms with van der Waals surface area (Å²) in [6, 6.07) is 12.1. The summed E-state index contributed by atoms with van der Waals surface area (Å²) in [6.07, 6.45) is 2.89. The summed E-state index contributed by atoms with van der Waals surface area (Å²) in [5.41, 5.74) is 0.942. The third kappa shape index (κ3) is 5.30. The Labute approximate surface area is 195 Å². The minimum Gasteiger partial charge on any atom is -0.482 e. The molecule has 3 aromatic rings. The van der Waals surface area contributed by atoms with Gasteiger partial charge in [0.25, 0.3) is 5.91 Å². The summed E-state index contributed by atoms with van der Waals surface area (Å²) in [4.78, 5) is 32.9. The zero-order valence-corrected chi connectivity index (χ0v) is 18.7. The number of halogens is 2. The van der Waals surface area contributed by atoms with E-state index in [4.69, 9.17) is 32.4 Å². The van der Waals surface area contributed by atoms with Crippen LogP contribution >= 0.6 is 23.2 Å². The Morgan fingerprint density at radius 1 is 1.09 bits per heavy atom. The highest BCUT2D eigenvalue weighted by atomic mass is 35.5. The molecule has 1 aliphatic heterocycles. The van der Waals surface area contributed by atoms with Crippen LogP contribution in [0.5, 0.6) is 5.75 Å². The first-order valence-corrected chi connectivity index (χ1v) is 10.9. The Bertz CT molecular complexity index is 1160. The van der Waals surface area contributed by atoms with Crippen molar-refractivity contribution in [2.75, 3.05) is 26.2 Å². The molecule has 1 amide bonds. The van der Waals surface area contributed by atoms with E-state index in [1.54, 1.807) is 29.3 Å². The van der Waals surface area contributed by atoms with Crippen molar-refractivity contribution >= 4 is 29.1 Å². The van der Waals surface area contributed by atoms with Crippen LogP contribution in [0.1, 0.15) is 21.7 Å². The van der Waals surface area contributed by atoms with Gasteiger partial charge >= 0.3 is 0 Å². The molecule has 0 N–H and O–H groups in total. The normalized spacial score (nSPS) is 14.4. The molecule has 3 heterocycles.